The Morgan fingerprint density at radius 3 is 2.43 bits per heavy atom. The molecule has 0 aliphatic heterocycles. The molecule has 0 aliphatic rings. The number of carbonyl (C=O) groups excluding carboxylic acids is 1. The molecule has 0 radical (unpaired) electrons. The highest BCUT2D eigenvalue weighted by Crippen LogP contribution is 2.24. The highest BCUT2D eigenvalue weighted by Gasteiger charge is 2.15. The van der Waals surface area contributed by atoms with E-state index >= 15 is 0 Å². The van der Waals surface area contributed by atoms with Gasteiger partial charge in [-0.25, -0.2) is 5.43 Å². The van der Waals surface area contributed by atoms with Gasteiger partial charge in [0.05, 0.1) is 13.3 Å². The predicted octanol–water partition coefficient (Wildman–Crippen LogP) is 4.45. The molecule has 0 heterocycles. The van der Waals surface area contributed by atoms with Gasteiger partial charge in [-0.1, -0.05) is 59.1 Å². The van der Waals surface area contributed by atoms with E-state index < -0.39 is 9.70 Å². The van der Waals surface area contributed by atoms with Crippen molar-refractivity contribution in [3.8, 4) is 16.9 Å². The van der Waals surface area contributed by atoms with Crippen LogP contribution in [0.25, 0.3) is 11.1 Å². The molecule has 4 nitrogen and oxygen atoms in total. The Hall–Kier alpha value is -1.75. The van der Waals surface area contributed by atoms with Crippen LogP contribution < -0.4 is 10.2 Å². The normalized spacial score (nSPS) is 11.5. The van der Waals surface area contributed by atoms with E-state index in [-0.39, 0.29) is 0 Å². The van der Waals surface area contributed by atoms with Gasteiger partial charge >= 0.3 is 0 Å². The largest absolute Gasteiger partial charge is 0.497 e. The SMILES string of the molecule is COc1ccc(-c2cccc(C(=O)NN=CC(Cl)(Cl)Cl)c2)cc1. The second kappa shape index (κ2) is 7.68. The molecule has 0 fully saturated rings. The lowest BCUT2D eigenvalue weighted by Crippen LogP contribution is -2.19. The van der Waals surface area contributed by atoms with Crippen molar-refractivity contribution in [1.29, 1.82) is 0 Å². The average Bonchev–Trinajstić information content (AvgIpc) is 2.54. The molecule has 2 rings (SSSR count). The van der Waals surface area contributed by atoms with E-state index in [4.69, 9.17) is 39.5 Å². The van der Waals surface area contributed by atoms with Crippen LogP contribution in [0.2, 0.25) is 0 Å². The van der Waals surface area contributed by atoms with Crippen molar-refractivity contribution in [1.82, 2.24) is 5.43 Å². The molecule has 0 aliphatic carbocycles. The summed E-state index contributed by atoms with van der Waals surface area (Å²) in [5, 5.41) is 3.61. The first kappa shape index (κ1) is 17.6. The first-order chi connectivity index (χ1) is 10.9. The number of nitrogens with zero attached hydrogens (tertiary/aromatic N) is 1. The van der Waals surface area contributed by atoms with Crippen LogP contribution in [0.4, 0.5) is 0 Å². The van der Waals surface area contributed by atoms with Gasteiger partial charge in [0.1, 0.15) is 5.75 Å². The van der Waals surface area contributed by atoms with Gasteiger partial charge < -0.3 is 4.74 Å². The second-order valence-electron chi connectivity index (χ2n) is 4.55. The van der Waals surface area contributed by atoms with Crippen molar-refractivity contribution >= 4 is 46.9 Å². The quantitative estimate of drug-likeness (QED) is 0.490. The number of carbonyl (C=O) groups is 1. The number of hydrogen-bond donors (Lipinski definition) is 1. The molecule has 0 unspecified atom stereocenters. The first-order valence-corrected chi connectivity index (χ1v) is 7.68. The number of halogens is 3. The minimum Gasteiger partial charge on any atom is -0.497 e. The van der Waals surface area contributed by atoms with Crippen LogP contribution in [0.5, 0.6) is 5.75 Å². The number of alkyl halides is 3. The molecule has 0 atom stereocenters. The molecule has 0 saturated heterocycles. The molecule has 0 saturated carbocycles. The summed E-state index contributed by atoms with van der Waals surface area (Å²) in [6, 6.07) is 14.7. The first-order valence-electron chi connectivity index (χ1n) is 6.55. The number of methoxy groups -OCH3 is 1. The molecule has 0 aromatic heterocycles. The number of ether oxygens (including phenoxy) is 1. The Bertz CT molecular complexity index is 710. The monoisotopic (exact) mass is 370 g/mol. The fraction of sp³-hybridized carbons (Fsp3) is 0.125. The van der Waals surface area contributed by atoms with Crippen LogP contribution >= 0.6 is 34.8 Å². The summed E-state index contributed by atoms with van der Waals surface area (Å²) in [6.07, 6.45) is 1.02. The molecule has 0 spiro atoms. The third kappa shape index (κ3) is 5.43. The summed E-state index contributed by atoms with van der Waals surface area (Å²) in [7, 11) is 1.61. The molecular formula is C16H13Cl3N2O2. The fourth-order valence-electron chi connectivity index (χ4n) is 1.85. The number of benzene rings is 2. The van der Waals surface area contributed by atoms with Gasteiger partial charge in [0.15, 0.2) is 0 Å². The standard InChI is InChI=1S/C16H13Cl3N2O2/c1-23-14-7-5-11(6-8-14)12-3-2-4-13(9-12)15(22)21-20-10-16(17,18)19/h2-10H,1H3,(H,21,22). The highest BCUT2D eigenvalue weighted by atomic mass is 35.6. The second-order valence-corrected chi connectivity index (χ2v) is 6.92. The van der Waals surface area contributed by atoms with Crippen molar-refractivity contribution < 1.29 is 9.53 Å². The average molecular weight is 372 g/mol. The molecule has 7 heteroatoms. The Labute approximate surface area is 149 Å². The van der Waals surface area contributed by atoms with Gasteiger partial charge in [-0.05, 0) is 35.4 Å². The van der Waals surface area contributed by atoms with Gasteiger partial charge in [-0.3, -0.25) is 4.79 Å². The summed E-state index contributed by atoms with van der Waals surface area (Å²) in [6.45, 7) is 0. The van der Waals surface area contributed by atoms with Crippen molar-refractivity contribution in [3.63, 3.8) is 0 Å². The minimum atomic E-state index is -1.65. The van der Waals surface area contributed by atoms with Gasteiger partial charge in [-0.2, -0.15) is 5.10 Å². The van der Waals surface area contributed by atoms with E-state index in [0.29, 0.717) is 5.56 Å². The van der Waals surface area contributed by atoms with E-state index in [2.05, 4.69) is 10.5 Å². The number of amides is 1. The van der Waals surface area contributed by atoms with Gasteiger partial charge in [0.2, 0.25) is 3.79 Å². The van der Waals surface area contributed by atoms with Gasteiger partial charge in [0, 0.05) is 5.56 Å². The fourth-order valence-corrected chi connectivity index (χ4v) is 2.00. The Balaban J connectivity index is 2.15. The topological polar surface area (TPSA) is 50.7 Å². The Morgan fingerprint density at radius 1 is 1.13 bits per heavy atom. The Morgan fingerprint density at radius 2 is 1.83 bits per heavy atom. The van der Waals surface area contributed by atoms with E-state index in [0.717, 1.165) is 23.1 Å². The van der Waals surface area contributed by atoms with Crippen molar-refractivity contribution in [2.24, 2.45) is 5.10 Å². The number of nitrogens with one attached hydrogen (secondary N) is 1. The van der Waals surface area contributed by atoms with Gasteiger partial charge in [0.25, 0.3) is 5.91 Å². The summed E-state index contributed by atoms with van der Waals surface area (Å²) in [5.74, 6) is 0.370. The van der Waals surface area contributed by atoms with E-state index in [1.807, 2.05) is 30.3 Å². The maximum atomic E-state index is 12.0. The predicted molar refractivity (Wildman–Crippen MR) is 94.7 cm³/mol. The number of rotatable bonds is 4. The molecule has 0 bridgehead atoms. The summed E-state index contributed by atoms with van der Waals surface area (Å²) in [5.41, 5.74) is 4.61. The van der Waals surface area contributed by atoms with Crippen LogP contribution in [-0.4, -0.2) is 23.0 Å². The van der Waals surface area contributed by atoms with E-state index in [9.17, 15) is 4.79 Å². The molecule has 1 amide bonds. The van der Waals surface area contributed by atoms with Crippen LogP contribution in [-0.2, 0) is 0 Å². The van der Waals surface area contributed by atoms with Crippen molar-refractivity contribution in [2.45, 2.75) is 3.79 Å². The molecule has 120 valence electrons. The zero-order valence-corrected chi connectivity index (χ0v) is 14.4. The third-order valence-corrected chi connectivity index (χ3v) is 3.22. The highest BCUT2D eigenvalue weighted by molar-refractivity contribution is 6.74. The lowest BCUT2D eigenvalue weighted by atomic mass is 10.0. The zero-order valence-electron chi connectivity index (χ0n) is 12.1. The van der Waals surface area contributed by atoms with Crippen molar-refractivity contribution in [3.05, 3.63) is 54.1 Å². The zero-order chi connectivity index (χ0) is 16.9. The summed E-state index contributed by atoms with van der Waals surface area (Å²) >= 11 is 16.5. The van der Waals surface area contributed by atoms with Crippen molar-refractivity contribution in [2.75, 3.05) is 7.11 Å². The lowest BCUT2D eigenvalue weighted by molar-refractivity contribution is 0.0955. The maximum absolute atomic E-state index is 12.0. The summed E-state index contributed by atoms with van der Waals surface area (Å²) in [4.78, 5) is 12.0. The maximum Gasteiger partial charge on any atom is 0.271 e. The third-order valence-electron chi connectivity index (χ3n) is 2.93. The van der Waals surface area contributed by atoms with Crippen LogP contribution in [0.15, 0.2) is 53.6 Å². The smallest absolute Gasteiger partial charge is 0.271 e. The van der Waals surface area contributed by atoms with E-state index in [1.54, 1.807) is 25.3 Å². The molecule has 2 aromatic rings. The molecule has 2 aromatic carbocycles. The van der Waals surface area contributed by atoms with E-state index in [1.165, 1.54) is 0 Å². The van der Waals surface area contributed by atoms with Crippen LogP contribution in [0.1, 0.15) is 10.4 Å². The number of hydrogen-bond acceptors (Lipinski definition) is 3. The Kier molecular flexibility index (Phi) is 5.88. The minimum absolute atomic E-state index is 0.397. The molecule has 23 heavy (non-hydrogen) atoms. The lowest BCUT2D eigenvalue weighted by Gasteiger charge is -2.06. The molecular weight excluding hydrogens is 359 g/mol. The van der Waals surface area contributed by atoms with Crippen LogP contribution in [0, 0.1) is 0 Å². The molecule has 1 N–H and O–H groups in total. The summed E-state index contributed by atoms with van der Waals surface area (Å²) < 4.78 is 3.47. The van der Waals surface area contributed by atoms with Gasteiger partial charge in [-0.15, -0.1) is 0 Å². The number of hydrazone groups is 1. The van der Waals surface area contributed by atoms with Crippen LogP contribution in [0.3, 0.4) is 0 Å².